The van der Waals surface area contributed by atoms with Crippen LogP contribution in [0, 0.1) is 0 Å². The molecule has 0 spiro atoms. The minimum absolute atomic E-state index is 0.428. The highest BCUT2D eigenvalue weighted by molar-refractivity contribution is 5.19. The predicted octanol–water partition coefficient (Wildman–Crippen LogP) is 2.98. The summed E-state index contributed by atoms with van der Waals surface area (Å²) >= 11 is 0. The van der Waals surface area contributed by atoms with Crippen molar-refractivity contribution in [1.82, 2.24) is 10.2 Å². The highest BCUT2D eigenvalue weighted by Crippen LogP contribution is 2.25. The van der Waals surface area contributed by atoms with Crippen LogP contribution in [0.25, 0.3) is 0 Å². The number of hydrogen-bond acceptors (Lipinski definition) is 3. The quantitative estimate of drug-likeness (QED) is 0.796. The third kappa shape index (κ3) is 4.29. The van der Waals surface area contributed by atoms with Crippen molar-refractivity contribution in [1.29, 1.82) is 0 Å². The van der Waals surface area contributed by atoms with Gasteiger partial charge in [-0.05, 0) is 37.8 Å². The molecule has 3 nitrogen and oxygen atoms in total. The third-order valence-corrected chi connectivity index (χ3v) is 4.67. The van der Waals surface area contributed by atoms with E-state index in [-0.39, 0.29) is 0 Å². The first-order chi connectivity index (χ1) is 10.4. The lowest BCUT2D eigenvalue weighted by atomic mass is 10.0. The van der Waals surface area contributed by atoms with Crippen molar-refractivity contribution < 1.29 is 4.74 Å². The number of nitrogens with one attached hydrogen (secondary N) is 1. The molecule has 3 rings (SSSR count). The average molecular weight is 288 g/mol. The van der Waals surface area contributed by atoms with Gasteiger partial charge in [0.1, 0.15) is 0 Å². The van der Waals surface area contributed by atoms with Gasteiger partial charge in [-0.3, -0.25) is 4.90 Å². The highest BCUT2D eigenvalue weighted by atomic mass is 16.5. The van der Waals surface area contributed by atoms with Gasteiger partial charge >= 0.3 is 0 Å². The molecular weight excluding hydrogens is 260 g/mol. The molecule has 2 unspecified atom stereocenters. The van der Waals surface area contributed by atoms with Crippen molar-refractivity contribution in [2.75, 3.05) is 26.2 Å². The second-order valence-electron chi connectivity index (χ2n) is 6.33. The maximum Gasteiger partial charge on any atom is 0.0703 e. The van der Waals surface area contributed by atoms with Crippen molar-refractivity contribution in [3.8, 4) is 0 Å². The third-order valence-electron chi connectivity index (χ3n) is 4.67. The molecule has 3 heteroatoms. The summed E-state index contributed by atoms with van der Waals surface area (Å²) in [6, 6.07) is 12.2. The molecule has 0 aromatic heterocycles. The number of hydrogen-bond donors (Lipinski definition) is 1. The zero-order valence-corrected chi connectivity index (χ0v) is 13.1. The van der Waals surface area contributed by atoms with Crippen molar-refractivity contribution in [3.63, 3.8) is 0 Å². The molecule has 2 atom stereocenters. The molecule has 1 aliphatic carbocycles. The van der Waals surface area contributed by atoms with E-state index in [1.807, 2.05) is 0 Å². The second kappa shape index (κ2) is 7.39. The van der Waals surface area contributed by atoms with E-state index < -0.39 is 0 Å². The van der Waals surface area contributed by atoms with Crippen LogP contribution in [0.3, 0.4) is 0 Å². The number of ether oxygens (including phenoxy) is 1. The minimum atomic E-state index is 0.428. The zero-order chi connectivity index (χ0) is 14.5. The first-order valence-corrected chi connectivity index (χ1v) is 8.50. The molecule has 2 fully saturated rings. The molecule has 1 aromatic rings. The fourth-order valence-corrected chi connectivity index (χ4v) is 3.23. The van der Waals surface area contributed by atoms with Gasteiger partial charge < -0.3 is 10.1 Å². The van der Waals surface area contributed by atoms with Crippen LogP contribution in [0.1, 0.15) is 44.2 Å². The van der Waals surface area contributed by atoms with Crippen LogP contribution >= 0.6 is 0 Å². The molecule has 1 saturated carbocycles. The Kier molecular flexibility index (Phi) is 5.28. The van der Waals surface area contributed by atoms with E-state index in [1.54, 1.807) is 0 Å². The summed E-state index contributed by atoms with van der Waals surface area (Å²) < 4.78 is 5.85. The van der Waals surface area contributed by atoms with Gasteiger partial charge in [-0.15, -0.1) is 0 Å². The van der Waals surface area contributed by atoms with Gasteiger partial charge in [-0.1, -0.05) is 37.3 Å². The minimum Gasteiger partial charge on any atom is -0.377 e. The summed E-state index contributed by atoms with van der Waals surface area (Å²) in [6.45, 7) is 6.39. The van der Waals surface area contributed by atoms with E-state index in [9.17, 15) is 0 Å². The maximum absolute atomic E-state index is 5.85. The van der Waals surface area contributed by atoms with Crippen molar-refractivity contribution in [3.05, 3.63) is 35.9 Å². The lowest BCUT2D eigenvalue weighted by molar-refractivity contribution is 0.0585. The van der Waals surface area contributed by atoms with Crippen LogP contribution < -0.4 is 5.32 Å². The summed E-state index contributed by atoms with van der Waals surface area (Å²) in [6.07, 6.45) is 5.56. The van der Waals surface area contributed by atoms with Crippen LogP contribution in [-0.2, 0) is 4.74 Å². The van der Waals surface area contributed by atoms with Crippen LogP contribution in [0.15, 0.2) is 30.3 Å². The van der Waals surface area contributed by atoms with Crippen LogP contribution in [-0.4, -0.2) is 43.3 Å². The predicted molar refractivity (Wildman–Crippen MR) is 86.4 cm³/mol. The van der Waals surface area contributed by atoms with Gasteiger partial charge in [0.15, 0.2) is 0 Å². The normalized spacial score (nSPS) is 23.6. The second-order valence-corrected chi connectivity index (χ2v) is 6.33. The molecule has 21 heavy (non-hydrogen) atoms. The molecule has 1 N–H and O–H groups in total. The molecule has 1 aliphatic heterocycles. The molecule has 116 valence electrons. The first kappa shape index (κ1) is 15.0. The summed E-state index contributed by atoms with van der Waals surface area (Å²) in [7, 11) is 0. The van der Waals surface area contributed by atoms with Gasteiger partial charge in [0.05, 0.1) is 6.10 Å². The fourth-order valence-electron chi connectivity index (χ4n) is 3.23. The Morgan fingerprint density at radius 2 is 2.05 bits per heavy atom. The van der Waals surface area contributed by atoms with Crippen molar-refractivity contribution in [2.45, 2.75) is 50.8 Å². The number of likely N-dealkylation sites (N-methyl/N-ethyl adjacent to an activating group) is 1. The van der Waals surface area contributed by atoms with E-state index in [2.05, 4.69) is 47.5 Å². The lowest BCUT2D eigenvalue weighted by Gasteiger charge is -2.33. The van der Waals surface area contributed by atoms with Crippen molar-refractivity contribution in [2.24, 2.45) is 0 Å². The summed E-state index contributed by atoms with van der Waals surface area (Å²) in [5.74, 6) is 0. The molecule has 0 amide bonds. The standard InChI is InChI=1S/C18H28N2O/c1-2-20(14-17-9-6-12-21-17)18(13-19-16-10-11-16)15-7-4-3-5-8-15/h3-5,7-8,16-19H,2,6,9-14H2,1H3. The topological polar surface area (TPSA) is 24.5 Å². The van der Waals surface area contributed by atoms with E-state index in [1.165, 1.54) is 31.2 Å². The monoisotopic (exact) mass is 288 g/mol. The Balaban J connectivity index is 1.67. The molecule has 1 aromatic carbocycles. The zero-order valence-electron chi connectivity index (χ0n) is 13.1. The molecule has 0 radical (unpaired) electrons. The van der Waals surface area contributed by atoms with Gasteiger partial charge in [0, 0.05) is 31.8 Å². The Hall–Kier alpha value is -0.900. The van der Waals surface area contributed by atoms with Crippen molar-refractivity contribution >= 4 is 0 Å². The van der Waals surface area contributed by atoms with Crippen LogP contribution in [0.4, 0.5) is 0 Å². The van der Waals surface area contributed by atoms with Crippen LogP contribution in [0.5, 0.6) is 0 Å². The Bertz CT molecular complexity index is 412. The lowest BCUT2D eigenvalue weighted by Crippen LogP contribution is -2.40. The molecular formula is C18H28N2O. The molecule has 2 aliphatic rings. The van der Waals surface area contributed by atoms with E-state index in [4.69, 9.17) is 4.74 Å². The van der Waals surface area contributed by atoms with Gasteiger partial charge in [0.25, 0.3) is 0 Å². The molecule has 1 heterocycles. The largest absolute Gasteiger partial charge is 0.377 e. The van der Waals surface area contributed by atoms with Gasteiger partial charge in [-0.25, -0.2) is 0 Å². The number of rotatable bonds is 8. The van der Waals surface area contributed by atoms with E-state index >= 15 is 0 Å². The van der Waals surface area contributed by atoms with E-state index in [0.717, 1.165) is 32.3 Å². The summed E-state index contributed by atoms with van der Waals surface area (Å²) in [5, 5.41) is 3.71. The number of nitrogens with zero attached hydrogens (tertiary/aromatic N) is 1. The smallest absolute Gasteiger partial charge is 0.0703 e. The highest BCUT2D eigenvalue weighted by Gasteiger charge is 2.27. The summed E-state index contributed by atoms with van der Waals surface area (Å²) in [4.78, 5) is 2.58. The first-order valence-electron chi connectivity index (χ1n) is 8.50. The number of benzene rings is 1. The molecule has 1 saturated heterocycles. The Labute approximate surface area is 128 Å². The maximum atomic E-state index is 5.85. The van der Waals surface area contributed by atoms with Gasteiger partial charge in [0.2, 0.25) is 0 Å². The fraction of sp³-hybridized carbons (Fsp3) is 0.667. The van der Waals surface area contributed by atoms with Crippen LogP contribution in [0.2, 0.25) is 0 Å². The SMILES string of the molecule is CCN(CC1CCCO1)C(CNC1CC1)c1ccccc1. The summed E-state index contributed by atoms with van der Waals surface area (Å²) in [5.41, 5.74) is 1.42. The van der Waals surface area contributed by atoms with E-state index in [0.29, 0.717) is 12.1 Å². The Morgan fingerprint density at radius 3 is 2.67 bits per heavy atom. The van der Waals surface area contributed by atoms with Gasteiger partial charge in [-0.2, -0.15) is 0 Å². The Morgan fingerprint density at radius 1 is 1.24 bits per heavy atom. The average Bonchev–Trinajstić information content (AvgIpc) is 3.21. The molecule has 0 bridgehead atoms.